The van der Waals surface area contributed by atoms with Gasteiger partial charge in [0.1, 0.15) is 10.7 Å². The van der Waals surface area contributed by atoms with Gasteiger partial charge in [0.05, 0.1) is 11.6 Å². The van der Waals surface area contributed by atoms with Gasteiger partial charge in [-0.15, -0.1) is 0 Å². The molecule has 1 fully saturated rings. The highest BCUT2D eigenvalue weighted by molar-refractivity contribution is 9.18. The molecule has 4 nitrogen and oxygen atoms in total. The van der Waals surface area contributed by atoms with Crippen LogP contribution in [0.5, 0.6) is 0 Å². The number of benzene rings is 1. The summed E-state index contributed by atoms with van der Waals surface area (Å²) < 4.78 is 0.938. The van der Waals surface area contributed by atoms with Gasteiger partial charge in [0, 0.05) is 18.9 Å². The minimum atomic E-state index is 0.261. The monoisotopic (exact) mass is 347 g/mol. The normalized spacial score (nSPS) is 23.4. The molecule has 21 heavy (non-hydrogen) atoms. The predicted octanol–water partition coefficient (Wildman–Crippen LogP) is 3.27. The highest BCUT2D eigenvalue weighted by atomic mass is 79.9. The maximum Gasteiger partial charge on any atom is 0.136 e. The molecule has 1 atom stereocenters. The van der Waals surface area contributed by atoms with Gasteiger partial charge in [-0.05, 0) is 59.6 Å². The van der Waals surface area contributed by atoms with E-state index in [0.717, 1.165) is 49.1 Å². The second kappa shape index (κ2) is 6.59. The zero-order chi connectivity index (χ0) is 14.7. The summed E-state index contributed by atoms with van der Waals surface area (Å²) in [5.74, 6) is 0.612. The van der Waals surface area contributed by atoms with Crippen molar-refractivity contribution in [2.75, 3.05) is 13.1 Å². The maximum absolute atomic E-state index is 8.82. The van der Waals surface area contributed by atoms with E-state index < -0.39 is 0 Å². The molecule has 110 valence electrons. The first-order chi connectivity index (χ1) is 10.2. The zero-order valence-corrected chi connectivity index (χ0v) is 13.4. The Kier molecular flexibility index (Phi) is 4.57. The summed E-state index contributed by atoms with van der Waals surface area (Å²) in [7, 11) is 0. The molecule has 0 aliphatic carbocycles. The molecule has 0 radical (unpaired) electrons. The molecule has 0 spiro atoms. The van der Waals surface area contributed by atoms with Crippen LogP contribution >= 0.6 is 15.9 Å². The number of likely N-dealkylation sites (tertiary alicyclic amines) is 1. The number of hydrogen-bond acceptors (Lipinski definition) is 4. The Labute approximate surface area is 133 Å². The lowest BCUT2D eigenvalue weighted by molar-refractivity contribution is 0.0127. The lowest BCUT2D eigenvalue weighted by atomic mass is 9.90. The van der Waals surface area contributed by atoms with Crippen molar-refractivity contribution in [3.8, 4) is 6.07 Å². The van der Waals surface area contributed by atoms with Crippen LogP contribution in [0.15, 0.2) is 29.4 Å². The van der Waals surface area contributed by atoms with Crippen molar-refractivity contribution in [1.29, 1.82) is 5.26 Å². The van der Waals surface area contributed by atoms with Crippen LogP contribution in [-0.4, -0.2) is 28.7 Å². The number of oxime groups is 1. The highest BCUT2D eigenvalue weighted by Crippen LogP contribution is 2.29. The molecular formula is C16H18BrN3O. The third kappa shape index (κ3) is 3.63. The Balaban J connectivity index is 1.48. The number of halogens is 1. The summed E-state index contributed by atoms with van der Waals surface area (Å²) in [5, 5.41) is 12.8. The van der Waals surface area contributed by atoms with E-state index in [4.69, 9.17) is 10.1 Å². The third-order valence-corrected chi connectivity index (χ3v) is 4.77. The second-order valence-electron chi connectivity index (χ2n) is 5.74. The molecule has 2 aliphatic rings. The van der Waals surface area contributed by atoms with Gasteiger partial charge in [-0.1, -0.05) is 17.3 Å². The van der Waals surface area contributed by atoms with Gasteiger partial charge in [-0.2, -0.15) is 5.26 Å². The fourth-order valence-corrected chi connectivity index (χ4v) is 3.45. The number of nitrogens with zero attached hydrogens (tertiary/aromatic N) is 3. The van der Waals surface area contributed by atoms with Crippen LogP contribution in [0, 0.1) is 17.2 Å². The van der Waals surface area contributed by atoms with E-state index in [1.807, 2.05) is 12.1 Å². The van der Waals surface area contributed by atoms with E-state index in [9.17, 15) is 0 Å². The average molecular weight is 348 g/mol. The van der Waals surface area contributed by atoms with Gasteiger partial charge < -0.3 is 4.84 Å². The van der Waals surface area contributed by atoms with Crippen LogP contribution in [0.4, 0.5) is 0 Å². The summed E-state index contributed by atoms with van der Waals surface area (Å²) in [6.45, 7) is 3.16. The van der Waals surface area contributed by atoms with Crippen molar-refractivity contribution < 1.29 is 4.84 Å². The lowest BCUT2D eigenvalue weighted by Gasteiger charge is -2.33. The molecule has 0 amide bonds. The summed E-state index contributed by atoms with van der Waals surface area (Å²) in [6, 6.07) is 10.0. The Morgan fingerprint density at radius 3 is 2.57 bits per heavy atom. The standard InChI is InChI=1S/C16H18BrN3O/c17-16-9-15(21-19-16)14-5-7-20(8-6-14)11-13-3-1-12(10-18)2-4-13/h1-4,14-15H,5-9,11H2/t15-/m1/s1. The smallest absolute Gasteiger partial charge is 0.136 e. The van der Waals surface area contributed by atoms with Gasteiger partial charge in [0.25, 0.3) is 0 Å². The van der Waals surface area contributed by atoms with Crippen molar-refractivity contribution >= 4 is 20.6 Å². The van der Waals surface area contributed by atoms with Crippen LogP contribution < -0.4 is 0 Å². The summed E-state index contributed by atoms with van der Waals surface area (Å²) >= 11 is 3.40. The Bertz CT molecular complexity index is 556. The Morgan fingerprint density at radius 1 is 1.29 bits per heavy atom. The maximum atomic E-state index is 8.82. The molecule has 5 heteroatoms. The molecule has 1 aromatic rings. The largest absolute Gasteiger partial charge is 0.391 e. The van der Waals surface area contributed by atoms with Crippen LogP contribution in [0.2, 0.25) is 0 Å². The van der Waals surface area contributed by atoms with E-state index in [2.05, 4.69) is 44.2 Å². The molecule has 3 rings (SSSR count). The average Bonchev–Trinajstić information content (AvgIpc) is 2.95. The van der Waals surface area contributed by atoms with Crippen LogP contribution in [-0.2, 0) is 11.4 Å². The quantitative estimate of drug-likeness (QED) is 0.842. The van der Waals surface area contributed by atoms with Gasteiger partial charge in [0.15, 0.2) is 0 Å². The van der Waals surface area contributed by atoms with E-state index >= 15 is 0 Å². The molecule has 0 saturated carbocycles. The fraction of sp³-hybridized carbons (Fsp3) is 0.500. The molecule has 0 N–H and O–H groups in total. The molecular weight excluding hydrogens is 330 g/mol. The fourth-order valence-electron chi connectivity index (χ4n) is 3.04. The zero-order valence-electron chi connectivity index (χ0n) is 11.8. The second-order valence-corrected chi connectivity index (χ2v) is 6.65. The first kappa shape index (κ1) is 14.6. The van der Waals surface area contributed by atoms with Crippen LogP contribution in [0.25, 0.3) is 0 Å². The highest BCUT2D eigenvalue weighted by Gasteiger charge is 2.31. The minimum Gasteiger partial charge on any atom is -0.391 e. The van der Waals surface area contributed by atoms with E-state index in [0.29, 0.717) is 5.92 Å². The SMILES string of the molecule is N#Cc1ccc(CN2CCC([C@H]3CC(Br)=NO3)CC2)cc1. The predicted molar refractivity (Wildman–Crippen MR) is 85.0 cm³/mol. The van der Waals surface area contributed by atoms with Gasteiger partial charge in [0.2, 0.25) is 0 Å². The first-order valence-electron chi connectivity index (χ1n) is 7.34. The summed E-state index contributed by atoms with van der Waals surface area (Å²) in [4.78, 5) is 7.95. The molecule has 1 aromatic carbocycles. The van der Waals surface area contributed by atoms with Crippen molar-refractivity contribution in [2.24, 2.45) is 11.1 Å². The van der Waals surface area contributed by atoms with Crippen LogP contribution in [0.3, 0.4) is 0 Å². The topological polar surface area (TPSA) is 48.6 Å². The number of piperidine rings is 1. The van der Waals surface area contributed by atoms with Crippen molar-refractivity contribution in [3.05, 3.63) is 35.4 Å². The molecule has 2 heterocycles. The van der Waals surface area contributed by atoms with Gasteiger partial charge in [-0.3, -0.25) is 4.90 Å². The van der Waals surface area contributed by atoms with E-state index in [1.165, 1.54) is 5.56 Å². The number of rotatable bonds is 3. The van der Waals surface area contributed by atoms with Crippen molar-refractivity contribution in [1.82, 2.24) is 4.90 Å². The molecule has 0 unspecified atom stereocenters. The number of hydrogen-bond donors (Lipinski definition) is 0. The van der Waals surface area contributed by atoms with Crippen molar-refractivity contribution in [2.45, 2.75) is 31.9 Å². The lowest BCUT2D eigenvalue weighted by Crippen LogP contribution is -2.37. The molecule has 0 aromatic heterocycles. The molecule has 0 bridgehead atoms. The Hall–Kier alpha value is -1.38. The summed E-state index contributed by atoms with van der Waals surface area (Å²) in [5.41, 5.74) is 2.00. The number of nitriles is 1. The molecule has 2 aliphatic heterocycles. The van der Waals surface area contributed by atoms with Gasteiger partial charge in [-0.25, -0.2) is 0 Å². The van der Waals surface area contributed by atoms with Gasteiger partial charge >= 0.3 is 0 Å². The van der Waals surface area contributed by atoms with E-state index in [1.54, 1.807) is 0 Å². The van der Waals surface area contributed by atoms with E-state index in [-0.39, 0.29) is 6.10 Å². The summed E-state index contributed by atoms with van der Waals surface area (Å²) in [6.07, 6.45) is 3.50. The van der Waals surface area contributed by atoms with Crippen molar-refractivity contribution in [3.63, 3.8) is 0 Å². The molecule has 1 saturated heterocycles. The first-order valence-corrected chi connectivity index (χ1v) is 8.13. The third-order valence-electron chi connectivity index (χ3n) is 4.30. The minimum absolute atomic E-state index is 0.261. The van der Waals surface area contributed by atoms with Crippen LogP contribution in [0.1, 0.15) is 30.4 Å². The Morgan fingerprint density at radius 2 is 2.00 bits per heavy atom.